The van der Waals surface area contributed by atoms with Crippen molar-refractivity contribution in [1.29, 1.82) is 0 Å². The minimum Gasteiger partial charge on any atom is -0.384 e. The number of rotatable bonds is 5. The van der Waals surface area contributed by atoms with Crippen LogP contribution in [0.3, 0.4) is 0 Å². The van der Waals surface area contributed by atoms with Crippen LogP contribution in [-0.2, 0) is 6.42 Å². The number of nitrogens with zero attached hydrogens (tertiary/aromatic N) is 1. The third kappa shape index (κ3) is 3.28. The Balaban J connectivity index is 2.13. The Bertz CT molecular complexity index is 453. The number of nitrogens with one attached hydrogen (secondary N) is 1. The maximum atomic E-state index is 5.70. The molecular formula is C13H17N3S. The summed E-state index contributed by atoms with van der Waals surface area (Å²) in [6.07, 6.45) is 2.71. The van der Waals surface area contributed by atoms with Gasteiger partial charge in [0, 0.05) is 17.1 Å². The summed E-state index contributed by atoms with van der Waals surface area (Å²) < 4.78 is 0. The van der Waals surface area contributed by atoms with E-state index in [0.29, 0.717) is 11.9 Å². The van der Waals surface area contributed by atoms with E-state index < -0.39 is 0 Å². The number of aromatic nitrogens is 1. The number of likely N-dealkylation sites (N-methyl/N-ethyl adjacent to an activating group) is 1. The fraction of sp³-hybridized carbons (Fsp3) is 0.308. The van der Waals surface area contributed by atoms with E-state index in [9.17, 15) is 0 Å². The van der Waals surface area contributed by atoms with Gasteiger partial charge in [0.15, 0.2) is 0 Å². The highest BCUT2D eigenvalue weighted by Crippen LogP contribution is 2.23. The predicted octanol–water partition coefficient (Wildman–Crippen LogP) is 2.62. The first kappa shape index (κ1) is 12.1. The Morgan fingerprint density at radius 1 is 1.47 bits per heavy atom. The number of pyridine rings is 1. The number of anilines is 1. The summed E-state index contributed by atoms with van der Waals surface area (Å²) in [7, 11) is 0. The van der Waals surface area contributed by atoms with Crippen molar-refractivity contribution in [3.63, 3.8) is 0 Å². The van der Waals surface area contributed by atoms with Crippen molar-refractivity contribution in [2.75, 3.05) is 12.3 Å². The maximum Gasteiger partial charge on any atom is 0.123 e. The molecule has 0 fully saturated rings. The van der Waals surface area contributed by atoms with E-state index in [1.165, 1.54) is 10.4 Å². The van der Waals surface area contributed by atoms with E-state index >= 15 is 0 Å². The van der Waals surface area contributed by atoms with E-state index in [4.69, 9.17) is 5.73 Å². The summed E-state index contributed by atoms with van der Waals surface area (Å²) in [4.78, 5) is 5.38. The van der Waals surface area contributed by atoms with Gasteiger partial charge in [0.05, 0.1) is 0 Å². The molecule has 0 bridgehead atoms. The SMILES string of the molecule is CCNC(Cc1ccnc(N)c1)c1cccs1. The average Bonchev–Trinajstić information content (AvgIpc) is 2.82. The lowest BCUT2D eigenvalue weighted by atomic mass is 10.1. The van der Waals surface area contributed by atoms with Gasteiger partial charge >= 0.3 is 0 Å². The van der Waals surface area contributed by atoms with Crippen LogP contribution in [0.15, 0.2) is 35.8 Å². The third-order valence-corrected chi connectivity index (χ3v) is 3.61. The summed E-state index contributed by atoms with van der Waals surface area (Å²) in [6, 6.07) is 8.59. The third-order valence-electron chi connectivity index (χ3n) is 2.62. The van der Waals surface area contributed by atoms with Crippen molar-refractivity contribution in [2.45, 2.75) is 19.4 Å². The zero-order valence-electron chi connectivity index (χ0n) is 9.89. The Labute approximate surface area is 106 Å². The van der Waals surface area contributed by atoms with E-state index in [-0.39, 0.29) is 0 Å². The topological polar surface area (TPSA) is 50.9 Å². The molecule has 90 valence electrons. The van der Waals surface area contributed by atoms with Gasteiger partial charge in [-0.1, -0.05) is 13.0 Å². The van der Waals surface area contributed by atoms with Gasteiger partial charge < -0.3 is 11.1 Å². The zero-order valence-corrected chi connectivity index (χ0v) is 10.7. The molecule has 0 saturated carbocycles. The molecule has 2 aromatic heterocycles. The highest BCUT2D eigenvalue weighted by atomic mass is 32.1. The van der Waals surface area contributed by atoms with Crippen LogP contribution in [0.4, 0.5) is 5.82 Å². The van der Waals surface area contributed by atoms with E-state index in [2.05, 4.69) is 34.7 Å². The van der Waals surface area contributed by atoms with Gasteiger partial charge in [-0.25, -0.2) is 4.98 Å². The van der Waals surface area contributed by atoms with Gasteiger partial charge in [0.1, 0.15) is 5.82 Å². The van der Waals surface area contributed by atoms with Crippen LogP contribution in [-0.4, -0.2) is 11.5 Å². The summed E-state index contributed by atoms with van der Waals surface area (Å²) >= 11 is 1.79. The minimum absolute atomic E-state index is 0.363. The van der Waals surface area contributed by atoms with Crippen LogP contribution in [0.5, 0.6) is 0 Å². The molecule has 0 spiro atoms. The first-order valence-electron chi connectivity index (χ1n) is 5.76. The molecule has 0 radical (unpaired) electrons. The molecule has 0 aliphatic carbocycles. The van der Waals surface area contributed by atoms with Gasteiger partial charge in [0.25, 0.3) is 0 Å². The van der Waals surface area contributed by atoms with Crippen molar-refractivity contribution in [3.8, 4) is 0 Å². The lowest BCUT2D eigenvalue weighted by molar-refractivity contribution is 0.558. The predicted molar refractivity (Wildman–Crippen MR) is 73.1 cm³/mol. The molecule has 2 aromatic rings. The van der Waals surface area contributed by atoms with Crippen molar-refractivity contribution in [3.05, 3.63) is 46.3 Å². The number of nitrogen functional groups attached to an aromatic ring is 1. The molecule has 4 heteroatoms. The highest BCUT2D eigenvalue weighted by molar-refractivity contribution is 7.10. The van der Waals surface area contributed by atoms with Crippen molar-refractivity contribution >= 4 is 17.2 Å². The van der Waals surface area contributed by atoms with Crippen molar-refractivity contribution in [2.24, 2.45) is 0 Å². The Morgan fingerprint density at radius 2 is 2.35 bits per heavy atom. The molecular weight excluding hydrogens is 230 g/mol. The monoisotopic (exact) mass is 247 g/mol. The molecule has 17 heavy (non-hydrogen) atoms. The van der Waals surface area contributed by atoms with Crippen molar-refractivity contribution in [1.82, 2.24) is 10.3 Å². The van der Waals surface area contributed by atoms with Crippen LogP contribution in [0, 0.1) is 0 Å². The van der Waals surface area contributed by atoms with E-state index in [1.54, 1.807) is 17.5 Å². The van der Waals surface area contributed by atoms with Crippen molar-refractivity contribution < 1.29 is 0 Å². The second-order valence-electron chi connectivity index (χ2n) is 3.92. The largest absolute Gasteiger partial charge is 0.384 e. The van der Waals surface area contributed by atoms with Gasteiger partial charge in [-0.15, -0.1) is 11.3 Å². The molecule has 3 nitrogen and oxygen atoms in total. The standard InChI is InChI=1S/C13H17N3S/c1-2-15-11(12-4-3-7-17-12)8-10-5-6-16-13(14)9-10/h3-7,9,11,15H,2,8H2,1H3,(H2,14,16). The molecule has 2 rings (SSSR count). The Kier molecular flexibility index (Phi) is 4.12. The second-order valence-corrected chi connectivity index (χ2v) is 4.90. The molecule has 1 atom stereocenters. The molecule has 0 aromatic carbocycles. The molecule has 0 aliphatic heterocycles. The summed E-state index contributed by atoms with van der Waals surface area (Å²) in [6.45, 7) is 3.09. The lowest BCUT2D eigenvalue weighted by Gasteiger charge is -2.16. The smallest absolute Gasteiger partial charge is 0.123 e. The van der Waals surface area contributed by atoms with Gasteiger partial charge in [-0.05, 0) is 42.1 Å². The number of hydrogen-bond donors (Lipinski definition) is 2. The summed E-state index contributed by atoms with van der Waals surface area (Å²) in [5.41, 5.74) is 6.92. The van der Waals surface area contributed by atoms with Gasteiger partial charge in [0.2, 0.25) is 0 Å². The van der Waals surface area contributed by atoms with Crippen LogP contribution < -0.4 is 11.1 Å². The average molecular weight is 247 g/mol. The normalized spacial score (nSPS) is 12.5. The molecule has 2 heterocycles. The Hall–Kier alpha value is -1.39. The van der Waals surface area contributed by atoms with Gasteiger partial charge in [-0.2, -0.15) is 0 Å². The van der Waals surface area contributed by atoms with E-state index in [0.717, 1.165) is 13.0 Å². The zero-order chi connectivity index (χ0) is 12.1. The molecule has 3 N–H and O–H groups in total. The molecule has 0 aliphatic rings. The minimum atomic E-state index is 0.363. The fourth-order valence-electron chi connectivity index (χ4n) is 1.87. The lowest BCUT2D eigenvalue weighted by Crippen LogP contribution is -2.22. The number of hydrogen-bond acceptors (Lipinski definition) is 4. The van der Waals surface area contributed by atoms with E-state index in [1.807, 2.05) is 12.1 Å². The summed E-state index contributed by atoms with van der Waals surface area (Å²) in [5.74, 6) is 0.587. The number of nitrogens with two attached hydrogens (primary N) is 1. The molecule has 1 unspecified atom stereocenters. The molecule has 0 saturated heterocycles. The highest BCUT2D eigenvalue weighted by Gasteiger charge is 2.12. The number of thiophene rings is 1. The first-order chi connectivity index (χ1) is 8.29. The van der Waals surface area contributed by atoms with Crippen LogP contribution in [0.25, 0.3) is 0 Å². The second kappa shape index (κ2) is 5.80. The Morgan fingerprint density at radius 3 is 3.00 bits per heavy atom. The van der Waals surface area contributed by atoms with Crippen LogP contribution in [0.1, 0.15) is 23.4 Å². The van der Waals surface area contributed by atoms with Crippen LogP contribution >= 0.6 is 11.3 Å². The first-order valence-corrected chi connectivity index (χ1v) is 6.64. The van der Waals surface area contributed by atoms with Gasteiger partial charge in [-0.3, -0.25) is 0 Å². The maximum absolute atomic E-state index is 5.70. The fourth-order valence-corrected chi connectivity index (χ4v) is 2.67. The van der Waals surface area contributed by atoms with Crippen LogP contribution in [0.2, 0.25) is 0 Å². The summed E-state index contributed by atoms with van der Waals surface area (Å²) in [5, 5.41) is 5.61. The quantitative estimate of drug-likeness (QED) is 0.854. The molecule has 0 amide bonds.